The van der Waals surface area contributed by atoms with Crippen molar-refractivity contribution >= 4 is 28.8 Å². The third kappa shape index (κ3) is 4.61. The Labute approximate surface area is 209 Å². The predicted octanol–water partition coefficient (Wildman–Crippen LogP) is 9.02. The van der Waals surface area contributed by atoms with Crippen LogP contribution in [-0.4, -0.2) is 0 Å². The van der Waals surface area contributed by atoms with Gasteiger partial charge in [-0.25, -0.2) is 0 Å². The molecule has 0 aromatic heterocycles. The van der Waals surface area contributed by atoms with Gasteiger partial charge in [-0.05, 0) is 47.5 Å². The lowest BCUT2D eigenvalue weighted by Gasteiger charge is -2.37. The SMILES string of the molecule is ClC1=CC=C(c2ccccc2Cl)CC1(Oc1cccc(Oc2ccccc2)c1)c1ccccc1. The monoisotopic (exact) mass is 484 g/mol. The first-order chi connectivity index (χ1) is 16.6. The number of benzene rings is 4. The molecule has 4 heteroatoms. The van der Waals surface area contributed by atoms with Crippen LogP contribution in [0.3, 0.4) is 0 Å². The molecule has 5 rings (SSSR count). The van der Waals surface area contributed by atoms with Crippen molar-refractivity contribution in [1.29, 1.82) is 0 Å². The second kappa shape index (κ2) is 9.80. The minimum atomic E-state index is -0.905. The Morgan fingerprint density at radius 1 is 0.618 bits per heavy atom. The average molecular weight is 485 g/mol. The maximum absolute atomic E-state index is 6.91. The fraction of sp³-hybridized carbons (Fsp3) is 0.0667. The fourth-order valence-corrected chi connectivity index (χ4v) is 4.68. The molecule has 0 fully saturated rings. The van der Waals surface area contributed by atoms with Gasteiger partial charge in [-0.3, -0.25) is 0 Å². The smallest absolute Gasteiger partial charge is 0.173 e. The molecule has 1 atom stereocenters. The highest BCUT2D eigenvalue weighted by atomic mass is 35.5. The third-order valence-electron chi connectivity index (χ3n) is 5.79. The summed E-state index contributed by atoms with van der Waals surface area (Å²) in [4.78, 5) is 0. The van der Waals surface area contributed by atoms with Gasteiger partial charge in [-0.2, -0.15) is 0 Å². The summed E-state index contributed by atoms with van der Waals surface area (Å²) in [5, 5.41) is 1.30. The highest BCUT2D eigenvalue weighted by Crippen LogP contribution is 2.47. The highest BCUT2D eigenvalue weighted by Gasteiger charge is 2.41. The summed E-state index contributed by atoms with van der Waals surface area (Å²) >= 11 is 13.5. The molecular formula is C30H22Cl2O2. The van der Waals surface area contributed by atoms with Gasteiger partial charge in [0.15, 0.2) is 5.60 Å². The lowest BCUT2D eigenvalue weighted by atomic mass is 9.81. The lowest BCUT2D eigenvalue weighted by molar-refractivity contribution is 0.118. The van der Waals surface area contributed by atoms with Crippen molar-refractivity contribution in [2.45, 2.75) is 12.0 Å². The Hall–Kier alpha value is -3.46. The molecule has 0 heterocycles. The highest BCUT2D eigenvalue weighted by molar-refractivity contribution is 6.33. The van der Waals surface area contributed by atoms with E-state index in [1.54, 1.807) is 0 Å². The van der Waals surface area contributed by atoms with Crippen molar-refractivity contribution in [2.24, 2.45) is 0 Å². The summed E-state index contributed by atoms with van der Waals surface area (Å²) < 4.78 is 12.8. The van der Waals surface area contributed by atoms with Crippen molar-refractivity contribution in [3.63, 3.8) is 0 Å². The molecule has 1 aliphatic carbocycles. The number of hydrogen-bond donors (Lipinski definition) is 0. The zero-order valence-corrected chi connectivity index (χ0v) is 19.8. The number of hydrogen-bond acceptors (Lipinski definition) is 2. The first kappa shape index (κ1) is 22.3. The number of para-hydroxylation sites is 1. The van der Waals surface area contributed by atoms with Gasteiger partial charge in [0.25, 0.3) is 0 Å². The molecule has 0 aliphatic heterocycles. The van der Waals surface area contributed by atoms with Crippen LogP contribution in [-0.2, 0) is 5.60 Å². The second-order valence-electron chi connectivity index (χ2n) is 8.05. The van der Waals surface area contributed by atoms with E-state index in [4.69, 9.17) is 32.7 Å². The summed E-state index contributed by atoms with van der Waals surface area (Å²) in [5.74, 6) is 2.10. The number of halogens is 2. The molecule has 0 amide bonds. The summed E-state index contributed by atoms with van der Waals surface area (Å²) in [6, 6.07) is 35.2. The molecule has 0 saturated heterocycles. The summed E-state index contributed by atoms with van der Waals surface area (Å²) in [5.41, 5.74) is 2.07. The quantitative estimate of drug-likeness (QED) is 0.271. The predicted molar refractivity (Wildman–Crippen MR) is 140 cm³/mol. The number of allylic oxidation sites excluding steroid dienone is 2. The third-order valence-corrected chi connectivity index (χ3v) is 6.55. The van der Waals surface area contributed by atoms with E-state index < -0.39 is 5.60 Å². The molecule has 1 unspecified atom stereocenters. The van der Waals surface area contributed by atoms with Crippen LogP contribution >= 0.6 is 23.2 Å². The van der Waals surface area contributed by atoms with Crippen LogP contribution in [0.4, 0.5) is 0 Å². The zero-order valence-electron chi connectivity index (χ0n) is 18.3. The Morgan fingerprint density at radius 2 is 1.26 bits per heavy atom. The van der Waals surface area contributed by atoms with E-state index in [2.05, 4.69) is 0 Å². The van der Waals surface area contributed by atoms with Crippen LogP contribution in [0.15, 0.2) is 126 Å². The maximum Gasteiger partial charge on any atom is 0.173 e. The van der Waals surface area contributed by atoms with Crippen LogP contribution in [0.2, 0.25) is 5.02 Å². The fourth-order valence-electron chi connectivity index (χ4n) is 4.14. The van der Waals surface area contributed by atoms with Crippen molar-refractivity contribution < 1.29 is 9.47 Å². The van der Waals surface area contributed by atoms with Crippen molar-refractivity contribution in [2.75, 3.05) is 0 Å². The summed E-state index contributed by atoms with van der Waals surface area (Å²) in [6.45, 7) is 0. The van der Waals surface area contributed by atoms with Crippen molar-refractivity contribution in [1.82, 2.24) is 0 Å². The van der Waals surface area contributed by atoms with Gasteiger partial charge in [0.1, 0.15) is 17.2 Å². The molecule has 0 saturated carbocycles. The van der Waals surface area contributed by atoms with E-state index in [0.29, 0.717) is 28.0 Å². The van der Waals surface area contributed by atoms with Crippen molar-refractivity contribution in [3.05, 3.63) is 143 Å². The van der Waals surface area contributed by atoms with E-state index in [9.17, 15) is 0 Å². The van der Waals surface area contributed by atoms with E-state index in [-0.39, 0.29) is 0 Å². The Morgan fingerprint density at radius 3 is 2.03 bits per heavy atom. The molecule has 168 valence electrons. The molecule has 1 aliphatic rings. The topological polar surface area (TPSA) is 18.5 Å². The molecule has 4 aromatic carbocycles. The molecule has 0 N–H and O–H groups in total. The summed E-state index contributed by atoms with van der Waals surface area (Å²) in [6.07, 6.45) is 4.45. The van der Waals surface area contributed by atoms with Gasteiger partial charge < -0.3 is 9.47 Å². The minimum Gasteiger partial charge on any atom is -0.476 e. The first-order valence-corrected chi connectivity index (χ1v) is 11.8. The van der Waals surface area contributed by atoms with Gasteiger partial charge in [0.2, 0.25) is 0 Å². The Balaban J connectivity index is 1.53. The van der Waals surface area contributed by atoms with Gasteiger partial charge in [-0.15, -0.1) is 0 Å². The van der Waals surface area contributed by atoms with Crippen LogP contribution in [0.5, 0.6) is 17.2 Å². The van der Waals surface area contributed by atoms with E-state index in [1.807, 2.05) is 121 Å². The van der Waals surface area contributed by atoms with Gasteiger partial charge >= 0.3 is 0 Å². The molecular weight excluding hydrogens is 463 g/mol. The van der Waals surface area contributed by atoms with Gasteiger partial charge in [0.05, 0.1) is 5.03 Å². The second-order valence-corrected chi connectivity index (χ2v) is 8.86. The first-order valence-electron chi connectivity index (χ1n) is 11.0. The largest absolute Gasteiger partial charge is 0.476 e. The van der Waals surface area contributed by atoms with Crippen molar-refractivity contribution in [3.8, 4) is 17.2 Å². The minimum absolute atomic E-state index is 0.528. The average Bonchev–Trinajstić information content (AvgIpc) is 2.87. The molecule has 34 heavy (non-hydrogen) atoms. The molecule has 0 spiro atoms. The normalized spacial score (nSPS) is 17.5. The van der Waals surface area contributed by atoms with E-state index in [1.165, 1.54) is 0 Å². The molecule has 0 radical (unpaired) electrons. The van der Waals surface area contributed by atoms with Gasteiger partial charge in [0, 0.05) is 23.1 Å². The standard InChI is InChI=1S/C30H22Cl2O2/c31-28-17-8-7-16-27(28)22-18-19-29(32)30(21-22,23-10-3-1-4-11-23)34-26-15-9-14-25(20-26)33-24-12-5-2-6-13-24/h1-20H,21H2. The molecule has 0 bridgehead atoms. The van der Waals surface area contributed by atoms with Crippen LogP contribution in [0.25, 0.3) is 5.57 Å². The van der Waals surface area contributed by atoms with Crippen LogP contribution in [0, 0.1) is 0 Å². The Kier molecular flexibility index (Phi) is 6.44. The van der Waals surface area contributed by atoms with Gasteiger partial charge in [-0.1, -0.05) is 102 Å². The number of ether oxygens (including phenoxy) is 2. The maximum atomic E-state index is 6.91. The van der Waals surface area contributed by atoms with E-state index >= 15 is 0 Å². The lowest BCUT2D eigenvalue weighted by Crippen LogP contribution is -2.35. The van der Waals surface area contributed by atoms with Crippen LogP contribution in [0.1, 0.15) is 17.5 Å². The summed E-state index contributed by atoms with van der Waals surface area (Å²) in [7, 11) is 0. The molecule has 2 nitrogen and oxygen atoms in total. The molecule has 4 aromatic rings. The van der Waals surface area contributed by atoms with Crippen LogP contribution < -0.4 is 9.47 Å². The zero-order chi connectivity index (χ0) is 23.4. The Bertz CT molecular complexity index is 1350. The van der Waals surface area contributed by atoms with E-state index in [0.717, 1.165) is 22.4 Å². The number of rotatable bonds is 6.